The lowest BCUT2D eigenvalue weighted by Gasteiger charge is -2.20. The van der Waals surface area contributed by atoms with Crippen molar-refractivity contribution in [3.63, 3.8) is 0 Å². The van der Waals surface area contributed by atoms with Gasteiger partial charge in [0.05, 0.1) is 6.42 Å². The zero-order chi connectivity index (χ0) is 21.9. The maximum atomic E-state index is 12.8. The number of carbonyl (C=O) groups excluding carboxylic acids is 1. The van der Waals surface area contributed by atoms with Crippen LogP contribution in [0.5, 0.6) is 11.5 Å². The minimum atomic E-state index is -0.0796. The van der Waals surface area contributed by atoms with Gasteiger partial charge in [-0.1, -0.05) is 54.1 Å². The maximum absolute atomic E-state index is 12.8. The van der Waals surface area contributed by atoms with Crippen molar-refractivity contribution in [3.05, 3.63) is 94.6 Å². The number of fused-ring (bicyclic) bond motifs is 2. The monoisotopic (exact) mass is 446 g/mol. The zero-order valence-electron chi connectivity index (χ0n) is 17.4. The lowest BCUT2D eigenvalue weighted by atomic mass is 9.90. The molecule has 162 valence electrons. The SMILES string of the molecule is O=C(Cc1ccc2c(c1)OCCO2)NC[C@@H](c1ccccc1Cl)c1c[nH]c2ccccc12. The topological polar surface area (TPSA) is 63.4 Å². The van der Waals surface area contributed by atoms with Crippen molar-refractivity contribution in [2.75, 3.05) is 19.8 Å². The van der Waals surface area contributed by atoms with Crippen LogP contribution in [0.1, 0.15) is 22.6 Å². The number of halogens is 1. The van der Waals surface area contributed by atoms with Crippen molar-refractivity contribution < 1.29 is 14.3 Å². The first-order valence-corrected chi connectivity index (χ1v) is 11.0. The minimum Gasteiger partial charge on any atom is -0.486 e. The number of hydrogen-bond donors (Lipinski definition) is 2. The Morgan fingerprint density at radius 1 is 0.969 bits per heavy atom. The Balaban J connectivity index is 1.36. The third-order valence-electron chi connectivity index (χ3n) is 5.75. The van der Waals surface area contributed by atoms with Gasteiger partial charge in [-0.3, -0.25) is 4.79 Å². The van der Waals surface area contributed by atoms with Crippen LogP contribution in [0.2, 0.25) is 5.02 Å². The Kier molecular flexibility index (Phi) is 5.73. The summed E-state index contributed by atoms with van der Waals surface area (Å²) in [5.41, 5.74) is 4.03. The van der Waals surface area contributed by atoms with E-state index < -0.39 is 0 Å². The number of aromatic nitrogens is 1. The molecule has 2 N–H and O–H groups in total. The van der Waals surface area contributed by atoms with Gasteiger partial charge in [0.15, 0.2) is 11.5 Å². The first-order chi connectivity index (χ1) is 15.7. The molecule has 0 saturated heterocycles. The highest BCUT2D eigenvalue weighted by Gasteiger charge is 2.21. The lowest BCUT2D eigenvalue weighted by Crippen LogP contribution is -2.30. The first-order valence-electron chi connectivity index (χ1n) is 10.6. The summed E-state index contributed by atoms with van der Waals surface area (Å²) in [6.45, 7) is 1.51. The van der Waals surface area contributed by atoms with Crippen LogP contribution in [0.25, 0.3) is 10.9 Å². The normalized spacial score (nSPS) is 13.7. The van der Waals surface area contributed by atoms with Gasteiger partial charge in [-0.2, -0.15) is 0 Å². The number of rotatable bonds is 6. The van der Waals surface area contributed by atoms with Crippen LogP contribution < -0.4 is 14.8 Å². The summed E-state index contributed by atoms with van der Waals surface area (Å²) in [4.78, 5) is 16.1. The largest absolute Gasteiger partial charge is 0.486 e. The van der Waals surface area contributed by atoms with Gasteiger partial charge in [0.25, 0.3) is 0 Å². The van der Waals surface area contributed by atoms with E-state index in [-0.39, 0.29) is 18.2 Å². The van der Waals surface area contributed by atoms with E-state index in [1.165, 1.54) is 0 Å². The Hall–Kier alpha value is -3.44. The predicted molar refractivity (Wildman–Crippen MR) is 126 cm³/mol. The van der Waals surface area contributed by atoms with Gasteiger partial charge in [-0.15, -0.1) is 0 Å². The van der Waals surface area contributed by atoms with Gasteiger partial charge in [0, 0.05) is 34.6 Å². The molecule has 0 aliphatic carbocycles. The van der Waals surface area contributed by atoms with Crippen molar-refractivity contribution in [1.82, 2.24) is 10.3 Å². The van der Waals surface area contributed by atoms with Gasteiger partial charge < -0.3 is 19.8 Å². The minimum absolute atomic E-state index is 0.0569. The number of hydrogen-bond acceptors (Lipinski definition) is 3. The molecule has 5 nitrogen and oxygen atoms in total. The smallest absolute Gasteiger partial charge is 0.224 e. The third kappa shape index (κ3) is 4.16. The average molecular weight is 447 g/mol. The summed E-state index contributed by atoms with van der Waals surface area (Å²) in [6, 6.07) is 21.6. The van der Waals surface area contributed by atoms with E-state index in [0.29, 0.717) is 30.5 Å². The number of nitrogens with one attached hydrogen (secondary N) is 2. The molecule has 0 unspecified atom stereocenters. The molecular formula is C26H23ClN2O3. The summed E-state index contributed by atoms with van der Waals surface area (Å²) < 4.78 is 11.2. The van der Waals surface area contributed by atoms with Crippen LogP contribution in [-0.2, 0) is 11.2 Å². The molecule has 3 aromatic carbocycles. The number of amides is 1. The van der Waals surface area contributed by atoms with Crippen LogP contribution in [0, 0.1) is 0 Å². The summed E-state index contributed by atoms with van der Waals surface area (Å²) in [5, 5.41) is 4.91. The van der Waals surface area contributed by atoms with E-state index in [0.717, 1.165) is 33.3 Å². The fourth-order valence-electron chi connectivity index (χ4n) is 4.19. The van der Waals surface area contributed by atoms with E-state index in [4.69, 9.17) is 21.1 Å². The molecule has 6 heteroatoms. The number of H-pyrrole nitrogens is 1. The second kappa shape index (κ2) is 8.97. The molecule has 4 aromatic rings. The Morgan fingerprint density at radius 3 is 2.62 bits per heavy atom. The molecule has 0 fully saturated rings. The zero-order valence-corrected chi connectivity index (χ0v) is 18.2. The molecule has 32 heavy (non-hydrogen) atoms. The molecule has 5 rings (SSSR count). The number of ether oxygens (including phenoxy) is 2. The highest BCUT2D eigenvalue weighted by Crippen LogP contribution is 2.34. The summed E-state index contributed by atoms with van der Waals surface area (Å²) in [6.07, 6.45) is 2.27. The van der Waals surface area contributed by atoms with Crippen molar-refractivity contribution in [2.45, 2.75) is 12.3 Å². The van der Waals surface area contributed by atoms with Crippen molar-refractivity contribution in [1.29, 1.82) is 0 Å². The Bertz CT molecular complexity index is 1270. The lowest BCUT2D eigenvalue weighted by molar-refractivity contribution is -0.120. The second-order valence-electron chi connectivity index (χ2n) is 7.82. The molecule has 1 aliphatic heterocycles. The highest BCUT2D eigenvalue weighted by molar-refractivity contribution is 6.31. The van der Waals surface area contributed by atoms with E-state index in [1.807, 2.05) is 66.9 Å². The van der Waals surface area contributed by atoms with Crippen LogP contribution >= 0.6 is 11.6 Å². The van der Waals surface area contributed by atoms with Gasteiger partial charge in [-0.25, -0.2) is 0 Å². The quantitative estimate of drug-likeness (QED) is 0.434. The first kappa shape index (κ1) is 20.5. The number of benzene rings is 3. The van der Waals surface area contributed by atoms with Crippen LogP contribution in [0.15, 0.2) is 72.9 Å². The van der Waals surface area contributed by atoms with Gasteiger partial charge in [-0.05, 0) is 41.0 Å². The Labute approximate surface area is 191 Å². The molecule has 1 aromatic heterocycles. The van der Waals surface area contributed by atoms with E-state index >= 15 is 0 Å². The number of para-hydroxylation sites is 1. The van der Waals surface area contributed by atoms with Crippen molar-refractivity contribution in [3.8, 4) is 11.5 Å². The standard InChI is InChI=1S/C26H23ClN2O3/c27-22-7-3-1-5-18(22)20(21-15-28-23-8-4-2-6-19(21)23)16-29-26(30)14-17-9-10-24-25(13-17)32-12-11-31-24/h1-10,13,15,20,28H,11-12,14,16H2,(H,29,30)/t20-/m0/s1. The van der Waals surface area contributed by atoms with E-state index in [2.05, 4.69) is 16.4 Å². The molecule has 0 bridgehead atoms. The molecule has 1 atom stereocenters. The molecule has 0 radical (unpaired) electrons. The van der Waals surface area contributed by atoms with Crippen molar-refractivity contribution >= 4 is 28.4 Å². The van der Waals surface area contributed by atoms with Gasteiger partial charge >= 0.3 is 0 Å². The predicted octanol–water partition coefficient (Wildman–Crippen LogP) is 5.08. The van der Waals surface area contributed by atoms with E-state index in [1.54, 1.807) is 0 Å². The molecule has 2 heterocycles. The van der Waals surface area contributed by atoms with Gasteiger partial charge in [0.2, 0.25) is 5.91 Å². The average Bonchev–Trinajstić information content (AvgIpc) is 3.24. The number of aromatic amines is 1. The summed E-state index contributed by atoms with van der Waals surface area (Å²) >= 11 is 6.55. The summed E-state index contributed by atoms with van der Waals surface area (Å²) in [7, 11) is 0. The molecular weight excluding hydrogens is 424 g/mol. The second-order valence-corrected chi connectivity index (χ2v) is 8.23. The fraction of sp³-hybridized carbons (Fsp3) is 0.192. The molecule has 0 saturated carbocycles. The fourth-order valence-corrected chi connectivity index (χ4v) is 4.46. The highest BCUT2D eigenvalue weighted by atomic mass is 35.5. The van der Waals surface area contributed by atoms with Crippen molar-refractivity contribution in [2.24, 2.45) is 0 Å². The van der Waals surface area contributed by atoms with Crippen LogP contribution in [-0.4, -0.2) is 30.6 Å². The molecule has 0 spiro atoms. The molecule has 1 aliphatic rings. The molecule has 1 amide bonds. The maximum Gasteiger partial charge on any atom is 0.224 e. The van der Waals surface area contributed by atoms with E-state index in [9.17, 15) is 4.79 Å². The Morgan fingerprint density at radius 2 is 1.75 bits per heavy atom. The third-order valence-corrected chi connectivity index (χ3v) is 6.10. The summed E-state index contributed by atoms with van der Waals surface area (Å²) in [5.74, 6) is 1.27. The van der Waals surface area contributed by atoms with Gasteiger partial charge in [0.1, 0.15) is 13.2 Å². The number of carbonyl (C=O) groups is 1. The van der Waals surface area contributed by atoms with Crippen LogP contribution in [0.3, 0.4) is 0 Å². The van der Waals surface area contributed by atoms with Crippen LogP contribution in [0.4, 0.5) is 0 Å².